The summed E-state index contributed by atoms with van der Waals surface area (Å²) in [5, 5.41) is 11.2. The standard InChI is InChI=1S/C19H23ClF3N5O3/c1-18(2,3)31-17(30)25-10-4-9-24-16(29)27-14-11-26-28(15(14)19(21,22)23)13-7-5-12(20)6-8-13/h5-8,11H,4,9-10H2,1-3H3,(H,25,30)(H2,24,27,29). The number of aromatic nitrogens is 2. The van der Waals surface area contributed by atoms with Gasteiger partial charge < -0.3 is 20.7 Å². The van der Waals surface area contributed by atoms with Gasteiger partial charge in [-0.3, -0.25) is 0 Å². The van der Waals surface area contributed by atoms with E-state index in [0.717, 1.165) is 6.20 Å². The monoisotopic (exact) mass is 461 g/mol. The lowest BCUT2D eigenvalue weighted by atomic mass is 10.2. The Balaban J connectivity index is 1.93. The Morgan fingerprint density at radius 2 is 1.71 bits per heavy atom. The number of amides is 3. The minimum Gasteiger partial charge on any atom is -0.444 e. The molecule has 0 atom stereocenters. The second-order valence-electron chi connectivity index (χ2n) is 7.46. The highest BCUT2D eigenvalue weighted by molar-refractivity contribution is 6.30. The highest BCUT2D eigenvalue weighted by Gasteiger charge is 2.39. The Bertz CT molecular complexity index is 908. The van der Waals surface area contributed by atoms with Crippen molar-refractivity contribution in [1.82, 2.24) is 20.4 Å². The first-order valence-electron chi connectivity index (χ1n) is 9.29. The first kappa shape index (κ1) is 24.3. The second-order valence-corrected chi connectivity index (χ2v) is 7.89. The molecule has 0 aliphatic heterocycles. The summed E-state index contributed by atoms with van der Waals surface area (Å²) in [4.78, 5) is 23.5. The number of alkyl carbamates (subject to hydrolysis) is 1. The number of hydrogen-bond donors (Lipinski definition) is 3. The number of urea groups is 1. The number of rotatable bonds is 6. The number of carbonyl (C=O) groups excluding carboxylic acids is 2. The van der Waals surface area contributed by atoms with Crippen molar-refractivity contribution in [2.45, 2.75) is 39.0 Å². The maximum Gasteiger partial charge on any atom is 0.435 e. The SMILES string of the molecule is CC(C)(C)OC(=O)NCCCNC(=O)Nc1cnn(-c2ccc(Cl)cc2)c1C(F)(F)F. The predicted molar refractivity (Wildman–Crippen MR) is 109 cm³/mol. The van der Waals surface area contributed by atoms with Crippen molar-refractivity contribution in [2.24, 2.45) is 0 Å². The van der Waals surface area contributed by atoms with Crippen molar-refractivity contribution in [2.75, 3.05) is 18.4 Å². The van der Waals surface area contributed by atoms with Crippen molar-refractivity contribution in [3.8, 4) is 5.69 Å². The van der Waals surface area contributed by atoms with Crippen LogP contribution in [0.4, 0.5) is 28.4 Å². The molecule has 1 aromatic carbocycles. The van der Waals surface area contributed by atoms with Gasteiger partial charge in [-0.25, -0.2) is 14.3 Å². The van der Waals surface area contributed by atoms with Crippen LogP contribution in [0.15, 0.2) is 30.5 Å². The topological polar surface area (TPSA) is 97.3 Å². The number of nitrogens with one attached hydrogen (secondary N) is 3. The van der Waals surface area contributed by atoms with Gasteiger partial charge in [0.25, 0.3) is 0 Å². The van der Waals surface area contributed by atoms with E-state index >= 15 is 0 Å². The van der Waals surface area contributed by atoms with Crippen molar-refractivity contribution in [1.29, 1.82) is 0 Å². The number of anilines is 1. The molecule has 3 amide bonds. The van der Waals surface area contributed by atoms with Crippen molar-refractivity contribution >= 4 is 29.4 Å². The minimum atomic E-state index is -4.77. The lowest BCUT2D eigenvalue weighted by molar-refractivity contribution is -0.142. The average molecular weight is 462 g/mol. The molecular weight excluding hydrogens is 439 g/mol. The molecule has 1 aromatic heterocycles. The van der Waals surface area contributed by atoms with Crippen LogP contribution in [-0.4, -0.2) is 40.6 Å². The third kappa shape index (κ3) is 7.67. The molecule has 1 heterocycles. The van der Waals surface area contributed by atoms with Gasteiger partial charge in [-0.2, -0.15) is 18.3 Å². The highest BCUT2D eigenvalue weighted by atomic mass is 35.5. The molecule has 8 nitrogen and oxygen atoms in total. The van der Waals surface area contributed by atoms with Crippen LogP contribution in [0.1, 0.15) is 32.9 Å². The normalized spacial score (nSPS) is 11.7. The highest BCUT2D eigenvalue weighted by Crippen LogP contribution is 2.36. The number of carbonyl (C=O) groups is 2. The molecule has 0 saturated heterocycles. The lowest BCUT2D eigenvalue weighted by Crippen LogP contribution is -2.35. The third-order valence-corrected chi connectivity index (χ3v) is 3.92. The number of benzene rings is 1. The van der Waals surface area contributed by atoms with Gasteiger partial charge >= 0.3 is 18.3 Å². The Morgan fingerprint density at radius 3 is 2.29 bits per heavy atom. The molecule has 0 fully saturated rings. The zero-order chi connectivity index (χ0) is 23.2. The van der Waals surface area contributed by atoms with Gasteiger partial charge in [0.2, 0.25) is 0 Å². The van der Waals surface area contributed by atoms with Crippen LogP contribution in [0.5, 0.6) is 0 Å². The molecule has 0 bridgehead atoms. The van der Waals surface area contributed by atoms with Crippen LogP contribution in [0.2, 0.25) is 5.02 Å². The van der Waals surface area contributed by atoms with Gasteiger partial charge in [-0.1, -0.05) is 11.6 Å². The fourth-order valence-corrected chi connectivity index (χ4v) is 2.58. The van der Waals surface area contributed by atoms with Gasteiger partial charge in [-0.05, 0) is 51.5 Å². The summed E-state index contributed by atoms with van der Waals surface area (Å²) in [6.07, 6.45) is -4.10. The van der Waals surface area contributed by atoms with E-state index in [0.29, 0.717) is 16.1 Å². The molecule has 0 radical (unpaired) electrons. The van der Waals surface area contributed by atoms with E-state index in [4.69, 9.17) is 16.3 Å². The molecule has 31 heavy (non-hydrogen) atoms. The zero-order valence-electron chi connectivity index (χ0n) is 17.1. The molecule has 0 saturated carbocycles. The Labute approximate surface area is 182 Å². The van der Waals surface area contributed by atoms with Gasteiger partial charge in [0, 0.05) is 18.1 Å². The Kier molecular flexibility index (Phi) is 7.77. The minimum absolute atomic E-state index is 0.119. The number of nitrogens with zero attached hydrogens (tertiary/aromatic N) is 2. The summed E-state index contributed by atoms with van der Waals surface area (Å²) >= 11 is 5.77. The summed E-state index contributed by atoms with van der Waals surface area (Å²) in [6, 6.07) is 4.80. The molecule has 0 aliphatic carbocycles. The summed E-state index contributed by atoms with van der Waals surface area (Å²) < 4.78 is 46.5. The van der Waals surface area contributed by atoms with Crippen molar-refractivity contribution < 1.29 is 27.5 Å². The first-order valence-corrected chi connectivity index (χ1v) is 9.67. The van der Waals surface area contributed by atoms with Gasteiger partial charge in [0.05, 0.1) is 17.6 Å². The second kappa shape index (κ2) is 9.90. The smallest absolute Gasteiger partial charge is 0.435 e. The summed E-state index contributed by atoms with van der Waals surface area (Å²) in [5.74, 6) is 0. The predicted octanol–water partition coefficient (Wildman–Crippen LogP) is 4.58. The van der Waals surface area contributed by atoms with E-state index in [9.17, 15) is 22.8 Å². The van der Waals surface area contributed by atoms with Gasteiger partial charge in [0.1, 0.15) is 5.60 Å². The van der Waals surface area contributed by atoms with Gasteiger partial charge in [-0.15, -0.1) is 0 Å². The summed E-state index contributed by atoms with van der Waals surface area (Å²) in [6.45, 7) is 5.51. The van der Waals surface area contributed by atoms with Crippen LogP contribution < -0.4 is 16.0 Å². The van der Waals surface area contributed by atoms with E-state index in [-0.39, 0.29) is 18.8 Å². The maximum absolute atomic E-state index is 13.6. The molecule has 12 heteroatoms. The van der Waals surface area contributed by atoms with Crippen LogP contribution in [0.3, 0.4) is 0 Å². The molecule has 0 aliphatic rings. The summed E-state index contributed by atoms with van der Waals surface area (Å²) in [7, 11) is 0. The van der Waals surface area contributed by atoms with E-state index < -0.39 is 35.3 Å². The zero-order valence-corrected chi connectivity index (χ0v) is 17.9. The van der Waals surface area contributed by atoms with E-state index in [1.807, 2.05) is 0 Å². The van der Waals surface area contributed by atoms with E-state index in [2.05, 4.69) is 21.0 Å². The quantitative estimate of drug-likeness (QED) is 0.548. The Morgan fingerprint density at radius 1 is 1.10 bits per heavy atom. The van der Waals surface area contributed by atoms with Crippen LogP contribution in [0, 0.1) is 0 Å². The van der Waals surface area contributed by atoms with Crippen LogP contribution in [-0.2, 0) is 10.9 Å². The molecule has 0 unspecified atom stereocenters. The molecule has 2 rings (SSSR count). The van der Waals surface area contributed by atoms with E-state index in [1.54, 1.807) is 20.8 Å². The maximum atomic E-state index is 13.6. The molecule has 0 spiro atoms. The fourth-order valence-electron chi connectivity index (χ4n) is 2.45. The average Bonchev–Trinajstić information content (AvgIpc) is 3.04. The largest absolute Gasteiger partial charge is 0.444 e. The fraction of sp³-hybridized carbons (Fsp3) is 0.421. The number of ether oxygens (including phenoxy) is 1. The van der Waals surface area contributed by atoms with Gasteiger partial charge in [0.15, 0.2) is 5.69 Å². The molecule has 3 N–H and O–H groups in total. The third-order valence-electron chi connectivity index (χ3n) is 3.66. The van der Waals surface area contributed by atoms with E-state index in [1.165, 1.54) is 24.3 Å². The summed E-state index contributed by atoms with van der Waals surface area (Å²) in [5.41, 5.74) is -2.11. The van der Waals surface area contributed by atoms with Crippen LogP contribution >= 0.6 is 11.6 Å². The number of hydrogen-bond acceptors (Lipinski definition) is 4. The number of alkyl halides is 3. The van der Waals surface area contributed by atoms with Crippen molar-refractivity contribution in [3.63, 3.8) is 0 Å². The molecular formula is C19H23ClF3N5O3. The first-order chi connectivity index (χ1) is 14.4. The molecule has 170 valence electrons. The van der Waals surface area contributed by atoms with Crippen molar-refractivity contribution in [3.05, 3.63) is 41.2 Å². The molecule has 2 aromatic rings. The Hall–Kier alpha value is -2.95. The lowest BCUT2D eigenvalue weighted by Gasteiger charge is -2.19. The van der Waals surface area contributed by atoms with Crippen LogP contribution in [0.25, 0.3) is 5.69 Å². The number of halogens is 4.